The van der Waals surface area contributed by atoms with Crippen LogP contribution in [-0.2, 0) is 97.6 Å². The summed E-state index contributed by atoms with van der Waals surface area (Å²) in [6.45, 7) is 9.19. The Labute approximate surface area is 676 Å². The number of methoxy groups -OCH3 is 3. The first kappa shape index (κ1) is 90.1. The van der Waals surface area contributed by atoms with Gasteiger partial charge in [0, 0.05) is 114 Å². The predicted molar refractivity (Wildman–Crippen MR) is 414 cm³/mol. The Hall–Kier alpha value is -10.8. The average molecular weight is 1630 g/mol. The summed E-state index contributed by atoms with van der Waals surface area (Å²) in [6.07, 6.45) is -5.98. The van der Waals surface area contributed by atoms with Crippen LogP contribution in [0.5, 0.6) is 23.0 Å². The number of nitrogens with one attached hydrogen (secondary N) is 3. The Kier molecular flexibility index (Phi) is 32.6. The third kappa shape index (κ3) is 23.8. The molecule has 634 valence electrons. The standard InChI is InChI=1S/C82H104N8O27/c1-46(2)58(32-54(91)21-25-111-27-23-83-72(97)20-24-86-73(98)18-19-74(86)99)75(100)84-48(5)66(95)30-50-10-14-52(15-11-50)42-114-81(106)89-62-38-70(68(109-8)36-60(62)77(102)87-40-56(93)34-64(87)79(89)104)116-44-113-45-117-71-39-63-61(37-69(71)110-9)78(103)88-41-57(94)35-65(88)80(105)90(63)82(107)115-43-53-16-12-51(13-17-53)31-67(96)49(6)85-76(101)59(47(3)4)33-55(92)22-26-112-29-28-108-7/h10-19,36-39,46-49,56-59,64-65,79-80,93-94,104-105H,20-35,40-45H2,1-9H3,(H,83,97)(H,84,100)(H,85,101)/t48-,49-,56?,57?,58-,59-,64-,65-,79?,80?/m0/s1. The Morgan fingerprint density at radius 1 is 0.496 bits per heavy atom. The maximum absolute atomic E-state index is 14.4. The molecule has 4 aromatic rings. The Bertz CT molecular complexity index is 4260. The van der Waals surface area contributed by atoms with Crippen LogP contribution in [0.25, 0.3) is 0 Å². The first-order valence-electron chi connectivity index (χ1n) is 38.7. The number of amides is 9. The molecular formula is C82H104N8O27. The van der Waals surface area contributed by atoms with Crippen molar-refractivity contribution >= 4 is 88.0 Å². The van der Waals surface area contributed by atoms with E-state index >= 15 is 0 Å². The zero-order valence-corrected chi connectivity index (χ0v) is 67.0. The minimum Gasteiger partial charge on any atom is -0.493 e. The van der Waals surface area contributed by atoms with Crippen molar-refractivity contribution in [2.75, 3.05) is 104 Å². The first-order chi connectivity index (χ1) is 55.9. The number of benzene rings is 4. The molecule has 5 heterocycles. The monoisotopic (exact) mass is 1630 g/mol. The molecule has 117 heavy (non-hydrogen) atoms. The van der Waals surface area contributed by atoms with Crippen LogP contribution in [0.2, 0.25) is 0 Å². The summed E-state index contributed by atoms with van der Waals surface area (Å²) in [5.41, 5.74) is 1.51. The minimum absolute atomic E-state index is 0.00295. The highest BCUT2D eigenvalue weighted by Crippen LogP contribution is 2.44. The lowest BCUT2D eigenvalue weighted by molar-refractivity contribution is -0.137. The van der Waals surface area contributed by atoms with Crippen LogP contribution in [0.15, 0.2) is 84.9 Å². The second-order valence-electron chi connectivity index (χ2n) is 29.8. The van der Waals surface area contributed by atoms with Crippen molar-refractivity contribution in [3.8, 4) is 23.0 Å². The maximum atomic E-state index is 14.4. The summed E-state index contributed by atoms with van der Waals surface area (Å²) in [7, 11) is 4.13. The van der Waals surface area contributed by atoms with Crippen LogP contribution in [0.1, 0.15) is 129 Å². The summed E-state index contributed by atoms with van der Waals surface area (Å²) in [5.74, 6) is -6.68. The molecule has 35 nitrogen and oxygen atoms in total. The van der Waals surface area contributed by atoms with Crippen molar-refractivity contribution in [2.24, 2.45) is 23.7 Å². The molecule has 0 saturated carbocycles. The van der Waals surface area contributed by atoms with E-state index in [9.17, 15) is 82.8 Å². The van der Waals surface area contributed by atoms with Gasteiger partial charge in [-0.25, -0.2) is 19.4 Å². The van der Waals surface area contributed by atoms with Gasteiger partial charge in [-0.2, -0.15) is 0 Å². The molecule has 7 N–H and O–H groups in total. The Morgan fingerprint density at radius 2 is 0.906 bits per heavy atom. The normalized spacial score (nSPS) is 19.2. The molecule has 2 fully saturated rings. The number of carbonyl (C=O) groups excluding carboxylic acids is 13. The van der Waals surface area contributed by atoms with Crippen molar-refractivity contribution in [3.63, 3.8) is 0 Å². The number of fused-ring (bicyclic) bond motifs is 4. The number of hydrogen-bond donors (Lipinski definition) is 7. The van der Waals surface area contributed by atoms with E-state index in [0.717, 1.165) is 26.9 Å². The molecule has 9 rings (SSSR count). The summed E-state index contributed by atoms with van der Waals surface area (Å²) in [6, 6.07) is 14.2. The van der Waals surface area contributed by atoms with Gasteiger partial charge < -0.3 is 93.5 Å². The number of ether oxygens (including phenoxy) is 10. The fourth-order valence-electron chi connectivity index (χ4n) is 14.0. The van der Waals surface area contributed by atoms with Crippen LogP contribution < -0.4 is 44.7 Å². The second-order valence-corrected chi connectivity index (χ2v) is 29.8. The highest BCUT2D eigenvalue weighted by Gasteiger charge is 2.50. The fraction of sp³-hybridized carbons (Fsp3) is 0.524. The van der Waals surface area contributed by atoms with Crippen LogP contribution in [-0.4, -0.2) is 255 Å². The van der Waals surface area contributed by atoms with Gasteiger partial charge in [0.1, 0.15) is 24.8 Å². The van der Waals surface area contributed by atoms with Crippen LogP contribution >= 0.6 is 0 Å². The van der Waals surface area contributed by atoms with E-state index in [2.05, 4.69) is 16.0 Å². The van der Waals surface area contributed by atoms with Gasteiger partial charge >= 0.3 is 12.2 Å². The lowest BCUT2D eigenvalue weighted by atomic mass is 9.88. The quantitative estimate of drug-likeness (QED) is 0.0188. The zero-order valence-electron chi connectivity index (χ0n) is 67.0. The number of hydrogen-bond acceptors (Lipinski definition) is 27. The molecule has 0 spiro atoms. The second kappa shape index (κ2) is 42.4. The number of aliphatic hydroxyl groups is 4. The molecule has 0 bridgehead atoms. The summed E-state index contributed by atoms with van der Waals surface area (Å²) < 4.78 is 56.5. The Balaban J connectivity index is 0.782. The van der Waals surface area contributed by atoms with Gasteiger partial charge in [0.15, 0.2) is 60.6 Å². The summed E-state index contributed by atoms with van der Waals surface area (Å²) in [5, 5.41) is 53.6. The van der Waals surface area contributed by atoms with E-state index in [1.807, 2.05) is 13.8 Å². The lowest BCUT2D eigenvalue weighted by Crippen LogP contribution is -2.50. The van der Waals surface area contributed by atoms with Gasteiger partial charge in [-0.05, 0) is 72.9 Å². The van der Waals surface area contributed by atoms with Crippen molar-refractivity contribution < 1.29 is 130 Å². The van der Waals surface area contributed by atoms with E-state index in [-0.39, 0.29) is 203 Å². The van der Waals surface area contributed by atoms with Crippen LogP contribution in [0.3, 0.4) is 0 Å². The Morgan fingerprint density at radius 3 is 1.31 bits per heavy atom. The largest absolute Gasteiger partial charge is 0.493 e. The maximum Gasteiger partial charge on any atom is 0.416 e. The minimum atomic E-state index is -1.77. The molecule has 0 aromatic heterocycles. The topological polar surface area (TPSA) is 447 Å². The molecule has 0 aliphatic carbocycles. The highest BCUT2D eigenvalue weighted by atomic mass is 16.7. The van der Waals surface area contributed by atoms with Crippen molar-refractivity contribution in [3.05, 3.63) is 118 Å². The molecule has 4 aromatic carbocycles. The van der Waals surface area contributed by atoms with E-state index < -0.39 is 122 Å². The smallest absolute Gasteiger partial charge is 0.416 e. The number of aliphatic hydroxyl groups excluding tert-OH is 4. The van der Waals surface area contributed by atoms with Crippen LogP contribution in [0.4, 0.5) is 21.0 Å². The van der Waals surface area contributed by atoms with E-state index in [1.54, 1.807) is 76.4 Å². The molecule has 5 aliphatic heterocycles. The molecule has 4 unspecified atom stereocenters. The number of anilines is 2. The van der Waals surface area contributed by atoms with E-state index in [0.29, 0.717) is 35.5 Å². The van der Waals surface area contributed by atoms with Gasteiger partial charge in [0.25, 0.3) is 23.6 Å². The number of carbonyl (C=O) groups is 13. The van der Waals surface area contributed by atoms with Crippen LogP contribution in [0, 0.1) is 23.7 Å². The average Bonchev–Trinajstić information content (AvgIpc) is 1.61. The van der Waals surface area contributed by atoms with E-state index in [1.165, 1.54) is 55.2 Å². The molecule has 35 heteroatoms. The van der Waals surface area contributed by atoms with Gasteiger partial charge in [-0.1, -0.05) is 76.2 Å². The van der Waals surface area contributed by atoms with Crippen molar-refractivity contribution in [1.29, 1.82) is 0 Å². The van der Waals surface area contributed by atoms with Gasteiger partial charge in [0.05, 0.1) is 106 Å². The SMILES string of the molecule is COCCOCCC(=O)C[C@H](C(=O)N[C@@H](C)C(=O)Cc1ccc(COC(=O)N2c3cc(OCOCOc4cc5c(cc4OC)C(=O)N4CC(O)C[C@H]4C(O)N5C(=O)OCc4ccc(CC(=O)[C@H](C)NC(=O)[C@@H](CC(=O)CCOCCNC(=O)CCN5C(=O)C=CC5=O)C(C)C)cc4)c(OC)cc3C(=O)N3CC(O)C[C@H]3C2O)cc1)C(C)C. The molecular weight excluding hydrogens is 1530 g/mol. The predicted octanol–water partition coefficient (Wildman–Crippen LogP) is 3.78. The van der Waals surface area contributed by atoms with E-state index in [4.69, 9.17) is 47.4 Å². The molecule has 0 radical (unpaired) electrons. The molecule has 10 atom stereocenters. The number of ketones is 4. The zero-order chi connectivity index (χ0) is 84.9. The van der Waals surface area contributed by atoms with Gasteiger partial charge in [-0.15, -0.1) is 0 Å². The first-order valence-corrected chi connectivity index (χ1v) is 38.7. The van der Waals surface area contributed by atoms with Gasteiger partial charge in [-0.3, -0.25) is 57.6 Å². The number of rotatable bonds is 43. The number of nitrogens with zero attached hydrogens (tertiary/aromatic N) is 5. The summed E-state index contributed by atoms with van der Waals surface area (Å²) in [4.78, 5) is 178. The molecule has 5 aliphatic rings. The lowest BCUT2D eigenvalue weighted by Gasteiger charge is -2.31. The summed E-state index contributed by atoms with van der Waals surface area (Å²) >= 11 is 0. The number of imide groups is 1. The third-order valence-corrected chi connectivity index (χ3v) is 20.8. The number of Topliss-reactive ketones (excluding diaryl/α,β-unsaturated/α-hetero) is 4. The highest BCUT2D eigenvalue weighted by molar-refractivity contribution is 6.13. The third-order valence-electron chi connectivity index (χ3n) is 20.8. The molecule has 9 amide bonds. The van der Waals surface area contributed by atoms with Crippen molar-refractivity contribution in [1.82, 2.24) is 30.7 Å². The fourth-order valence-corrected chi connectivity index (χ4v) is 14.0. The molecule has 2 saturated heterocycles. The van der Waals surface area contributed by atoms with Gasteiger partial charge in [0.2, 0.25) is 17.7 Å². The van der Waals surface area contributed by atoms with Crippen molar-refractivity contribution in [2.45, 2.75) is 161 Å².